The molecule has 0 saturated carbocycles. The SMILES string of the molecule is Cc1nc(CC(=O)N[C@H](C)c2ccccc2)sc1C(=O)NCc1ccccc1. The van der Waals surface area contributed by atoms with Crippen LogP contribution in [-0.2, 0) is 17.8 Å². The lowest BCUT2D eigenvalue weighted by molar-refractivity contribution is -0.121. The van der Waals surface area contributed by atoms with Crippen molar-refractivity contribution in [2.24, 2.45) is 0 Å². The van der Waals surface area contributed by atoms with Crippen LogP contribution in [0.5, 0.6) is 0 Å². The van der Waals surface area contributed by atoms with Gasteiger partial charge in [-0.3, -0.25) is 9.59 Å². The maximum atomic E-state index is 12.5. The Morgan fingerprint density at radius 3 is 2.36 bits per heavy atom. The van der Waals surface area contributed by atoms with E-state index in [0.717, 1.165) is 11.1 Å². The number of carbonyl (C=O) groups is 2. The third kappa shape index (κ3) is 5.27. The topological polar surface area (TPSA) is 71.1 Å². The first kappa shape index (κ1) is 19.8. The fraction of sp³-hybridized carbons (Fsp3) is 0.227. The lowest BCUT2D eigenvalue weighted by Gasteiger charge is -2.13. The average Bonchev–Trinajstić information content (AvgIpc) is 3.07. The average molecular weight is 394 g/mol. The normalized spacial score (nSPS) is 11.6. The van der Waals surface area contributed by atoms with Crippen molar-refractivity contribution in [3.8, 4) is 0 Å². The number of nitrogens with zero attached hydrogens (tertiary/aromatic N) is 1. The lowest BCUT2D eigenvalue weighted by atomic mass is 10.1. The molecule has 0 unspecified atom stereocenters. The van der Waals surface area contributed by atoms with Gasteiger partial charge in [0.15, 0.2) is 0 Å². The maximum Gasteiger partial charge on any atom is 0.263 e. The molecule has 1 heterocycles. The molecule has 0 saturated heterocycles. The Morgan fingerprint density at radius 1 is 1.04 bits per heavy atom. The number of thiazole rings is 1. The molecule has 6 heteroatoms. The number of aromatic nitrogens is 1. The molecular formula is C22H23N3O2S. The van der Waals surface area contributed by atoms with Gasteiger partial charge in [-0.05, 0) is 25.0 Å². The van der Waals surface area contributed by atoms with E-state index in [9.17, 15) is 9.59 Å². The minimum Gasteiger partial charge on any atom is -0.349 e. The van der Waals surface area contributed by atoms with E-state index in [1.54, 1.807) is 6.92 Å². The molecule has 144 valence electrons. The highest BCUT2D eigenvalue weighted by Crippen LogP contribution is 2.19. The van der Waals surface area contributed by atoms with Crippen molar-refractivity contribution in [3.63, 3.8) is 0 Å². The Kier molecular flexibility index (Phi) is 6.55. The van der Waals surface area contributed by atoms with Crippen molar-refractivity contribution in [1.29, 1.82) is 0 Å². The molecule has 0 bridgehead atoms. The van der Waals surface area contributed by atoms with Crippen LogP contribution in [0.3, 0.4) is 0 Å². The molecule has 1 aromatic heterocycles. The zero-order valence-corrected chi connectivity index (χ0v) is 16.8. The summed E-state index contributed by atoms with van der Waals surface area (Å²) in [4.78, 5) is 29.8. The van der Waals surface area contributed by atoms with Crippen LogP contribution in [0, 0.1) is 6.92 Å². The van der Waals surface area contributed by atoms with Gasteiger partial charge in [-0.15, -0.1) is 11.3 Å². The van der Waals surface area contributed by atoms with Crippen molar-refractivity contribution in [2.45, 2.75) is 32.9 Å². The second-order valence-corrected chi connectivity index (χ2v) is 7.65. The molecule has 3 rings (SSSR count). The Labute approximate surface area is 168 Å². The summed E-state index contributed by atoms with van der Waals surface area (Å²) in [5, 5.41) is 6.52. The van der Waals surface area contributed by atoms with Gasteiger partial charge in [0.2, 0.25) is 5.91 Å². The van der Waals surface area contributed by atoms with Gasteiger partial charge in [0.25, 0.3) is 5.91 Å². The molecular weight excluding hydrogens is 370 g/mol. The summed E-state index contributed by atoms with van der Waals surface area (Å²) in [6, 6.07) is 19.5. The maximum absolute atomic E-state index is 12.5. The minimum atomic E-state index is -0.164. The molecule has 2 aromatic carbocycles. The van der Waals surface area contributed by atoms with Crippen LogP contribution >= 0.6 is 11.3 Å². The monoisotopic (exact) mass is 393 g/mol. The standard InChI is InChI=1S/C22H23N3O2S/c1-15(18-11-7-4-8-12-18)24-19(26)13-20-25-16(2)21(28-20)22(27)23-14-17-9-5-3-6-10-17/h3-12,15H,13-14H2,1-2H3,(H,23,27)(H,24,26)/t15-/m1/s1. The van der Waals surface area contributed by atoms with E-state index in [2.05, 4.69) is 15.6 Å². The number of amides is 2. The van der Waals surface area contributed by atoms with Gasteiger partial charge >= 0.3 is 0 Å². The summed E-state index contributed by atoms with van der Waals surface area (Å²) in [6.45, 7) is 4.20. The van der Waals surface area contributed by atoms with Crippen LogP contribution < -0.4 is 10.6 Å². The molecule has 0 radical (unpaired) electrons. The lowest BCUT2D eigenvalue weighted by Crippen LogP contribution is -2.28. The van der Waals surface area contributed by atoms with Gasteiger partial charge < -0.3 is 10.6 Å². The minimum absolute atomic E-state index is 0.0802. The molecule has 0 aliphatic rings. The van der Waals surface area contributed by atoms with Gasteiger partial charge in [-0.2, -0.15) is 0 Å². The second kappa shape index (κ2) is 9.28. The first-order chi connectivity index (χ1) is 13.5. The molecule has 2 N–H and O–H groups in total. The Bertz CT molecular complexity index is 939. The highest BCUT2D eigenvalue weighted by atomic mass is 32.1. The predicted molar refractivity (Wildman–Crippen MR) is 111 cm³/mol. The molecule has 0 spiro atoms. The highest BCUT2D eigenvalue weighted by Gasteiger charge is 2.18. The fourth-order valence-electron chi connectivity index (χ4n) is 2.85. The van der Waals surface area contributed by atoms with Gasteiger partial charge in [0.1, 0.15) is 9.88 Å². The van der Waals surface area contributed by atoms with E-state index in [1.807, 2.05) is 67.6 Å². The number of hydrogen-bond acceptors (Lipinski definition) is 4. The summed E-state index contributed by atoms with van der Waals surface area (Å²) in [5.41, 5.74) is 2.73. The number of benzene rings is 2. The van der Waals surface area contributed by atoms with Gasteiger partial charge in [0, 0.05) is 6.54 Å². The Morgan fingerprint density at radius 2 is 1.68 bits per heavy atom. The van der Waals surface area contributed by atoms with Crippen molar-refractivity contribution >= 4 is 23.2 Å². The molecule has 0 fully saturated rings. The van der Waals surface area contributed by atoms with E-state index >= 15 is 0 Å². The quantitative estimate of drug-likeness (QED) is 0.641. The first-order valence-corrected chi connectivity index (χ1v) is 9.97. The number of rotatable bonds is 7. The molecule has 0 aliphatic carbocycles. The number of nitrogens with one attached hydrogen (secondary N) is 2. The Balaban J connectivity index is 1.57. The van der Waals surface area contributed by atoms with Crippen molar-refractivity contribution in [3.05, 3.63) is 87.4 Å². The van der Waals surface area contributed by atoms with Gasteiger partial charge in [0.05, 0.1) is 18.2 Å². The summed E-state index contributed by atoms with van der Waals surface area (Å²) in [6.07, 6.45) is 0.161. The zero-order valence-electron chi connectivity index (χ0n) is 15.9. The fourth-order valence-corrected chi connectivity index (χ4v) is 3.83. The zero-order chi connectivity index (χ0) is 19.9. The first-order valence-electron chi connectivity index (χ1n) is 9.15. The third-order valence-electron chi connectivity index (χ3n) is 4.33. The summed E-state index contributed by atoms with van der Waals surface area (Å²) in [7, 11) is 0. The van der Waals surface area contributed by atoms with Gasteiger partial charge in [-0.25, -0.2) is 4.98 Å². The number of aryl methyl sites for hydroxylation is 1. The largest absolute Gasteiger partial charge is 0.349 e. The van der Waals surface area contributed by atoms with Crippen LogP contribution in [0.25, 0.3) is 0 Å². The van der Waals surface area contributed by atoms with Crippen molar-refractivity contribution < 1.29 is 9.59 Å². The third-order valence-corrected chi connectivity index (χ3v) is 5.49. The van der Waals surface area contributed by atoms with Crippen LogP contribution in [0.4, 0.5) is 0 Å². The molecule has 0 aliphatic heterocycles. The van der Waals surface area contributed by atoms with Crippen LogP contribution in [-0.4, -0.2) is 16.8 Å². The molecule has 5 nitrogen and oxygen atoms in total. The summed E-state index contributed by atoms with van der Waals surface area (Å²) in [5.74, 6) is -0.274. The van der Waals surface area contributed by atoms with Crippen molar-refractivity contribution in [1.82, 2.24) is 15.6 Å². The highest BCUT2D eigenvalue weighted by molar-refractivity contribution is 7.13. The van der Waals surface area contributed by atoms with E-state index in [0.29, 0.717) is 22.1 Å². The molecule has 3 aromatic rings. The number of hydrogen-bond donors (Lipinski definition) is 2. The Hall–Kier alpha value is -2.99. The molecule has 28 heavy (non-hydrogen) atoms. The molecule has 2 amide bonds. The summed E-state index contributed by atoms with van der Waals surface area (Å²) < 4.78 is 0. The second-order valence-electron chi connectivity index (χ2n) is 6.57. The van der Waals surface area contributed by atoms with Crippen LogP contribution in [0.1, 0.15) is 44.5 Å². The van der Waals surface area contributed by atoms with Crippen molar-refractivity contribution in [2.75, 3.05) is 0 Å². The summed E-state index contributed by atoms with van der Waals surface area (Å²) >= 11 is 1.27. The molecule has 1 atom stereocenters. The predicted octanol–water partition coefficient (Wildman–Crippen LogP) is 3.80. The smallest absolute Gasteiger partial charge is 0.263 e. The van der Waals surface area contributed by atoms with E-state index < -0.39 is 0 Å². The van der Waals surface area contributed by atoms with Crippen LogP contribution in [0.2, 0.25) is 0 Å². The van der Waals surface area contributed by atoms with Gasteiger partial charge in [-0.1, -0.05) is 60.7 Å². The van der Waals surface area contributed by atoms with Crippen LogP contribution in [0.15, 0.2) is 60.7 Å². The number of carbonyl (C=O) groups excluding carboxylic acids is 2. The van der Waals surface area contributed by atoms with E-state index in [1.165, 1.54) is 11.3 Å². The van der Waals surface area contributed by atoms with E-state index in [-0.39, 0.29) is 24.3 Å². The van der Waals surface area contributed by atoms with E-state index in [4.69, 9.17) is 0 Å².